The van der Waals surface area contributed by atoms with E-state index in [4.69, 9.17) is 4.74 Å². The fourth-order valence-corrected chi connectivity index (χ4v) is 4.71. The van der Waals surface area contributed by atoms with Gasteiger partial charge in [-0.15, -0.1) is 11.3 Å². The molecule has 1 unspecified atom stereocenters. The van der Waals surface area contributed by atoms with Crippen LogP contribution < -0.4 is 5.56 Å². The number of fused-ring (bicyclic) bond motifs is 2. The third-order valence-corrected chi connectivity index (χ3v) is 6.21. The van der Waals surface area contributed by atoms with Crippen molar-refractivity contribution < 1.29 is 9.53 Å². The summed E-state index contributed by atoms with van der Waals surface area (Å²) < 4.78 is 7.05. The molecule has 0 bridgehead atoms. The van der Waals surface area contributed by atoms with Crippen LogP contribution in [0.3, 0.4) is 0 Å². The summed E-state index contributed by atoms with van der Waals surface area (Å²) in [6, 6.07) is 4.43. The Labute approximate surface area is 154 Å². The number of ether oxygens (including phenoxy) is 1. The molecule has 3 aromatic rings. The summed E-state index contributed by atoms with van der Waals surface area (Å²) >= 11 is 1.21. The zero-order chi connectivity index (χ0) is 18.4. The molecule has 0 aromatic carbocycles. The van der Waals surface area contributed by atoms with E-state index in [1.807, 2.05) is 0 Å². The molecule has 0 spiro atoms. The molecule has 7 nitrogen and oxygen atoms in total. The number of methoxy groups -OCH3 is 1. The summed E-state index contributed by atoms with van der Waals surface area (Å²) in [7, 11) is 1.34. The molecule has 1 atom stereocenters. The maximum atomic E-state index is 12.6. The third kappa shape index (κ3) is 2.65. The second-order valence-corrected chi connectivity index (χ2v) is 7.51. The Morgan fingerprint density at radius 2 is 2.27 bits per heavy atom. The number of hydrogen-bond donors (Lipinski definition) is 1. The van der Waals surface area contributed by atoms with Crippen molar-refractivity contribution in [1.29, 1.82) is 0 Å². The quantitative estimate of drug-likeness (QED) is 0.715. The maximum Gasteiger partial charge on any atom is 0.348 e. The number of thiophene rings is 1. The summed E-state index contributed by atoms with van der Waals surface area (Å²) in [6.45, 7) is 6.28. The van der Waals surface area contributed by atoms with Gasteiger partial charge in [0, 0.05) is 31.0 Å². The Morgan fingerprint density at radius 1 is 1.46 bits per heavy atom. The predicted octanol–water partition coefficient (Wildman–Crippen LogP) is 2.46. The molecule has 0 fully saturated rings. The van der Waals surface area contributed by atoms with Gasteiger partial charge in [-0.25, -0.2) is 9.78 Å². The number of hydrogen-bond acceptors (Lipinski definition) is 6. The monoisotopic (exact) mass is 372 g/mol. The lowest BCUT2D eigenvalue weighted by Crippen LogP contribution is -2.36. The normalized spacial score (nSPS) is 17.4. The van der Waals surface area contributed by atoms with Crippen LogP contribution in [-0.2, 0) is 17.8 Å². The van der Waals surface area contributed by atoms with E-state index >= 15 is 0 Å². The first kappa shape index (κ1) is 17.0. The van der Waals surface area contributed by atoms with Crippen LogP contribution in [0.1, 0.15) is 39.7 Å². The molecule has 1 aliphatic rings. The molecule has 136 valence electrons. The van der Waals surface area contributed by atoms with Crippen molar-refractivity contribution in [3.8, 4) is 0 Å². The van der Waals surface area contributed by atoms with Crippen LogP contribution in [0.2, 0.25) is 0 Å². The summed E-state index contributed by atoms with van der Waals surface area (Å²) in [5, 5.41) is 0.472. The lowest BCUT2D eigenvalue weighted by atomic mass is 10.1. The molecule has 3 aromatic heterocycles. The van der Waals surface area contributed by atoms with Crippen molar-refractivity contribution in [2.45, 2.75) is 33.0 Å². The highest BCUT2D eigenvalue weighted by atomic mass is 32.1. The highest BCUT2D eigenvalue weighted by Gasteiger charge is 2.25. The van der Waals surface area contributed by atoms with Crippen molar-refractivity contribution in [3.05, 3.63) is 50.6 Å². The first-order valence-electron chi connectivity index (χ1n) is 8.49. The fraction of sp³-hybridized carbons (Fsp3) is 0.389. The zero-order valence-corrected chi connectivity index (χ0v) is 15.7. The van der Waals surface area contributed by atoms with Crippen molar-refractivity contribution in [2.24, 2.45) is 0 Å². The zero-order valence-electron chi connectivity index (χ0n) is 14.9. The van der Waals surface area contributed by atoms with E-state index in [0.29, 0.717) is 33.0 Å². The van der Waals surface area contributed by atoms with Crippen LogP contribution in [0.15, 0.2) is 23.1 Å². The third-order valence-electron chi connectivity index (χ3n) is 5.04. The minimum Gasteiger partial charge on any atom is -0.465 e. The molecular weight excluding hydrogens is 352 g/mol. The number of esters is 1. The topological polar surface area (TPSA) is 80.2 Å². The summed E-state index contributed by atoms with van der Waals surface area (Å²) in [6.07, 6.45) is 2.10. The largest absolute Gasteiger partial charge is 0.465 e. The standard InChI is InChI=1S/C18H20N4O3S/c1-10-14-16(23)19-13(20-17(14)26-15(10)18(24)25-3)9-22-8-7-21-6-4-5-12(21)11(22)2/h4-6,11H,7-9H2,1-3H3,(H,19,20,23). The molecule has 0 saturated heterocycles. The van der Waals surface area contributed by atoms with Gasteiger partial charge in [-0.3, -0.25) is 9.69 Å². The number of carbonyl (C=O) groups excluding carboxylic acids is 1. The average Bonchev–Trinajstić information content (AvgIpc) is 3.22. The minimum atomic E-state index is -0.433. The van der Waals surface area contributed by atoms with Crippen molar-refractivity contribution in [2.75, 3.05) is 13.7 Å². The van der Waals surface area contributed by atoms with Gasteiger partial charge in [0.05, 0.1) is 19.0 Å². The van der Waals surface area contributed by atoms with Crippen molar-refractivity contribution in [1.82, 2.24) is 19.4 Å². The SMILES string of the molecule is COC(=O)c1sc2nc(CN3CCn4cccc4C3C)[nH]c(=O)c2c1C. The average molecular weight is 372 g/mol. The molecule has 4 rings (SSSR count). The second-order valence-electron chi connectivity index (χ2n) is 6.51. The molecular formula is C18H20N4O3S. The van der Waals surface area contributed by atoms with Gasteiger partial charge in [0.15, 0.2) is 0 Å². The Bertz CT molecular complexity index is 1050. The molecule has 4 heterocycles. The summed E-state index contributed by atoms with van der Waals surface area (Å²) in [5.74, 6) is 0.184. The number of rotatable bonds is 3. The Morgan fingerprint density at radius 3 is 3.04 bits per heavy atom. The van der Waals surface area contributed by atoms with Gasteiger partial charge in [0.1, 0.15) is 15.5 Å². The lowest BCUT2D eigenvalue weighted by molar-refractivity contribution is 0.0605. The van der Waals surface area contributed by atoms with Crippen molar-refractivity contribution in [3.63, 3.8) is 0 Å². The first-order valence-corrected chi connectivity index (χ1v) is 9.31. The number of aryl methyl sites for hydroxylation is 1. The lowest BCUT2D eigenvalue weighted by Gasteiger charge is -2.34. The van der Waals surface area contributed by atoms with Gasteiger partial charge < -0.3 is 14.3 Å². The molecule has 0 saturated carbocycles. The van der Waals surface area contributed by atoms with Crippen LogP contribution in [0, 0.1) is 6.92 Å². The predicted molar refractivity (Wildman–Crippen MR) is 99.6 cm³/mol. The van der Waals surface area contributed by atoms with Gasteiger partial charge >= 0.3 is 5.97 Å². The van der Waals surface area contributed by atoms with E-state index in [1.165, 1.54) is 24.1 Å². The van der Waals surface area contributed by atoms with Crippen LogP contribution >= 0.6 is 11.3 Å². The number of nitrogens with zero attached hydrogens (tertiary/aromatic N) is 3. The number of H-pyrrole nitrogens is 1. The van der Waals surface area contributed by atoms with E-state index in [1.54, 1.807) is 6.92 Å². The van der Waals surface area contributed by atoms with Crippen molar-refractivity contribution >= 4 is 27.5 Å². The molecule has 8 heteroatoms. The van der Waals surface area contributed by atoms with Crippen LogP contribution in [0.5, 0.6) is 0 Å². The minimum absolute atomic E-state index is 0.207. The van der Waals surface area contributed by atoms with Gasteiger partial charge in [-0.2, -0.15) is 0 Å². The van der Waals surface area contributed by atoms with E-state index in [2.05, 4.69) is 44.7 Å². The van der Waals surface area contributed by atoms with Gasteiger partial charge in [0.2, 0.25) is 0 Å². The van der Waals surface area contributed by atoms with Crippen LogP contribution in [0.25, 0.3) is 10.2 Å². The Balaban J connectivity index is 1.68. The fourth-order valence-electron chi connectivity index (χ4n) is 3.59. The van der Waals surface area contributed by atoms with Gasteiger partial charge in [-0.05, 0) is 31.5 Å². The molecule has 26 heavy (non-hydrogen) atoms. The first-order chi connectivity index (χ1) is 12.5. The van der Waals surface area contributed by atoms with Crippen LogP contribution in [0.4, 0.5) is 0 Å². The van der Waals surface area contributed by atoms with E-state index in [-0.39, 0.29) is 11.6 Å². The van der Waals surface area contributed by atoms with E-state index in [9.17, 15) is 9.59 Å². The second kappa shape index (κ2) is 6.37. The summed E-state index contributed by atoms with van der Waals surface area (Å²) in [4.78, 5) is 35.3. The van der Waals surface area contributed by atoms with E-state index in [0.717, 1.165) is 13.1 Å². The number of nitrogens with one attached hydrogen (secondary N) is 1. The highest BCUT2D eigenvalue weighted by Crippen LogP contribution is 2.29. The number of carbonyl (C=O) groups is 1. The Kier molecular flexibility index (Phi) is 4.16. The van der Waals surface area contributed by atoms with Gasteiger partial charge in [-0.1, -0.05) is 0 Å². The smallest absolute Gasteiger partial charge is 0.348 e. The number of aromatic amines is 1. The van der Waals surface area contributed by atoms with Crippen LogP contribution in [-0.4, -0.2) is 39.1 Å². The molecule has 0 amide bonds. The number of aromatic nitrogens is 3. The molecule has 0 radical (unpaired) electrons. The molecule has 1 N–H and O–H groups in total. The van der Waals surface area contributed by atoms with E-state index < -0.39 is 5.97 Å². The maximum absolute atomic E-state index is 12.6. The van der Waals surface area contributed by atoms with Gasteiger partial charge in [0.25, 0.3) is 5.56 Å². The molecule has 0 aliphatic carbocycles. The highest BCUT2D eigenvalue weighted by molar-refractivity contribution is 7.20. The Hall–Kier alpha value is -2.45. The summed E-state index contributed by atoms with van der Waals surface area (Å²) in [5.41, 5.74) is 1.68. The molecule has 1 aliphatic heterocycles.